The van der Waals surface area contributed by atoms with Crippen LogP contribution in [0.5, 0.6) is 0 Å². The molecule has 7 heteroatoms. The zero-order valence-electron chi connectivity index (χ0n) is 5.93. The molecule has 0 spiro atoms. The van der Waals surface area contributed by atoms with E-state index in [-0.39, 0.29) is 5.75 Å². The molecule has 0 amide bonds. The molecular weight excluding hydrogens is 191 g/mol. The zero-order chi connectivity index (χ0) is 9.03. The van der Waals surface area contributed by atoms with E-state index in [1.165, 1.54) is 6.33 Å². The first kappa shape index (κ1) is 9.37. The van der Waals surface area contributed by atoms with Gasteiger partial charge in [-0.2, -0.15) is 18.3 Å². The van der Waals surface area contributed by atoms with Crippen LogP contribution in [0.25, 0.3) is 0 Å². The van der Waals surface area contributed by atoms with Crippen molar-refractivity contribution in [2.24, 2.45) is 0 Å². The molecule has 0 saturated heterocycles. The Bertz CT molecular complexity index is 220. The van der Waals surface area contributed by atoms with Gasteiger partial charge in [0.15, 0.2) is 5.16 Å². The van der Waals surface area contributed by atoms with Gasteiger partial charge in [0, 0.05) is 5.75 Å². The highest BCUT2D eigenvalue weighted by Gasteiger charge is 2.26. The van der Waals surface area contributed by atoms with Gasteiger partial charge in [-0.05, 0) is 0 Å². The third-order valence-corrected chi connectivity index (χ3v) is 1.90. The van der Waals surface area contributed by atoms with Crippen LogP contribution in [0.4, 0.5) is 13.2 Å². The number of aromatic nitrogens is 3. The van der Waals surface area contributed by atoms with E-state index in [9.17, 15) is 13.2 Å². The molecule has 0 aliphatic carbocycles. The van der Waals surface area contributed by atoms with Crippen molar-refractivity contribution < 1.29 is 13.2 Å². The normalized spacial score (nSPS) is 11.9. The van der Waals surface area contributed by atoms with Crippen molar-refractivity contribution >= 4 is 11.8 Å². The number of aromatic amines is 1. The summed E-state index contributed by atoms with van der Waals surface area (Å²) in [6, 6.07) is 0. The maximum atomic E-state index is 11.6. The molecule has 0 aliphatic heterocycles. The summed E-state index contributed by atoms with van der Waals surface area (Å²) in [6.07, 6.45) is -3.64. The van der Waals surface area contributed by atoms with Crippen LogP contribution in [0.15, 0.2) is 11.5 Å². The van der Waals surface area contributed by atoms with Crippen LogP contribution in [0, 0.1) is 0 Å². The molecule has 1 aromatic rings. The predicted molar refractivity (Wildman–Crippen MR) is 37.8 cm³/mol. The topological polar surface area (TPSA) is 41.6 Å². The number of hydrogen-bond donors (Lipinski definition) is 1. The molecule has 0 aromatic carbocycles. The SMILES string of the molecule is FC(F)(F)CCSc1ncn[nH]1. The first-order chi connectivity index (χ1) is 5.58. The molecule has 0 bridgehead atoms. The van der Waals surface area contributed by atoms with Crippen molar-refractivity contribution in [2.45, 2.75) is 17.8 Å². The van der Waals surface area contributed by atoms with Gasteiger partial charge in [0.25, 0.3) is 0 Å². The fourth-order valence-electron chi connectivity index (χ4n) is 0.527. The Hall–Kier alpha value is -0.720. The molecule has 0 aliphatic rings. The molecule has 0 unspecified atom stereocenters. The molecule has 1 aromatic heterocycles. The predicted octanol–water partition coefficient (Wildman–Crippen LogP) is 1.85. The fourth-order valence-corrected chi connectivity index (χ4v) is 1.29. The number of alkyl halides is 3. The number of nitrogens with zero attached hydrogens (tertiary/aromatic N) is 2. The van der Waals surface area contributed by atoms with Gasteiger partial charge in [-0.25, -0.2) is 4.98 Å². The van der Waals surface area contributed by atoms with Gasteiger partial charge >= 0.3 is 6.18 Å². The lowest BCUT2D eigenvalue weighted by Gasteiger charge is -2.03. The van der Waals surface area contributed by atoms with E-state index in [0.29, 0.717) is 5.16 Å². The Labute approximate surface area is 70.8 Å². The van der Waals surface area contributed by atoms with E-state index < -0.39 is 12.6 Å². The quantitative estimate of drug-likeness (QED) is 0.752. The lowest BCUT2D eigenvalue weighted by molar-refractivity contribution is -0.129. The van der Waals surface area contributed by atoms with E-state index in [1.807, 2.05) is 0 Å². The van der Waals surface area contributed by atoms with E-state index in [4.69, 9.17) is 0 Å². The highest BCUT2D eigenvalue weighted by molar-refractivity contribution is 7.99. The largest absolute Gasteiger partial charge is 0.389 e. The number of rotatable bonds is 3. The average Bonchev–Trinajstić information content (AvgIpc) is 2.36. The summed E-state index contributed by atoms with van der Waals surface area (Å²) in [5.74, 6) is -0.0291. The maximum absolute atomic E-state index is 11.6. The van der Waals surface area contributed by atoms with Crippen LogP contribution < -0.4 is 0 Å². The van der Waals surface area contributed by atoms with E-state index in [0.717, 1.165) is 11.8 Å². The maximum Gasteiger partial charge on any atom is 0.389 e. The second-order valence-electron chi connectivity index (χ2n) is 2.00. The van der Waals surface area contributed by atoms with Crippen LogP contribution in [0.2, 0.25) is 0 Å². The first-order valence-corrected chi connectivity index (χ1v) is 4.11. The Morgan fingerprint density at radius 3 is 2.75 bits per heavy atom. The smallest absolute Gasteiger partial charge is 0.254 e. The summed E-state index contributed by atoms with van der Waals surface area (Å²) in [5, 5.41) is 6.37. The van der Waals surface area contributed by atoms with E-state index in [2.05, 4.69) is 15.2 Å². The van der Waals surface area contributed by atoms with E-state index >= 15 is 0 Å². The van der Waals surface area contributed by atoms with Gasteiger partial charge in [-0.1, -0.05) is 11.8 Å². The van der Waals surface area contributed by atoms with Gasteiger partial charge in [-0.15, -0.1) is 0 Å². The minimum atomic E-state index is -4.09. The molecule has 0 atom stereocenters. The average molecular weight is 197 g/mol. The van der Waals surface area contributed by atoms with Crippen LogP contribution in [-0.2, 0) is 0 Å². The Morgan fingerprint density at radius 2 is 2.25 bits per heavy atom. The lowest BCUT2D eigenvalue weighted by Crippen LogP contribution is -2.08. The van der Waals surface area contributed by atoms with Gasteiger partial charge in [0.1, 0.15) is 6.33 Å². The zero-order valence-corrected chi connectivity index (χ0v) is 6.74. The van der Waals surface area contributed by atoms with Crippen LogP contribution in [0.1, 0.15) is 6.42 Å². The minimum Gasteiger partial charge on any atom is -0.254 e. The summed E-state index contributed by atoms with van der Waals surface area (Å²) in [5.41, 5.74) is 0. The Balaban J connectivity index is 2.20. The number of nitrogens with one attached hydrogen (secondary N) is 1. The van der Waals surface area contributed by atoms with Gasteiger partial charge in [-0.3, -0.25) is 5.10 Å². The Morgan fingerprint density at radius 1 is 1.50 bits per heavy atom. The summed E-state index contributed by atoms with van der Waals surface area (Å²) in [6.45, 7) is 0. The fraction of sp³-hybridized carbons (Fsp3) is 0.600. The highest BCUT2D eigenvalue weighted by atomic mass is 32.2. The Kier molecular flexibility index (Phi) is 2.96. The van der Waals surface area contributed by atoms with Crippen LogP contribution in [-0.4, -0.2) is 27.1 Å². The molecule has 0 saturated carbocycles. The van der Waals surface area contributed by atoms with Gasteiger partial charge < -0.3 is 0 Å². The summed E-state index contributed by atoms with van der Waals surface area (Å²) < 4.78 is 34.9. The molecule has 1 rings (SSSR count). The molecule has 0 fully saturated rings. The summed E-state index contributed by atoms with van der Waals surface area (Å²) >= 11 is 1.00. The summed E-state index contributed by atoms with van der Waals surface area (Å²) in [4.78, 5) is 3.66. The monoisotopic (exact) mass is 197 g/mol. The third kappa shape index (κ3) is 3.61. The minimum absolute atomic E-state index is 0.0291. The van der Waals surface area contributed by atoms with Crippen molar-refractivity contribution in [3.63, 3.8) is 0 Å². The molecule has 3 nitrogen and oxygen atoms in total. The van der Waals surface area contributed by atoms with Crippen LogP contribution in [0.3, 0.4) is 0 Å². The standard InChI is InChI=1S/C5H6F3N3S/c6-5(7,8)1-2-12-4-9-3-10-11-4/h3H,1-2H2,(H,9,10,11). The number of hydrogen-bond acceptors (Lipinski definition) is 3. The van der Waals surface area contributed by atoms with Crippen LogP contribution >= 0.6 is 11.8 Å². The summed E-state index contributed by atoms with van der Waals surface area (Å²) in [7, 11) is 0. The van der Waals surface area contributed by atoms with Crippen molar-refractivity contribution in [2.75, 3.05) is 5.75 Å². The molecular formula is C5H6F3N3S. The van der Waals surface area contributed by atoms with Crippen molar-refractivity contribution in [1.29, 1.82) is 0 Å². The number of H-pyrrole nitrogens is 1. The second-order valence-corrected chi connectivity index (χ2v) is 3.09. The first-order valence-electron chi connectivity index (χ1n) is 3.13. The number of halogens is 3. The number of thioether (sulfide) groups is 1. The van der Waals surface area contributed by atoms with Crippen molar-refractivity contribution in [3.05, 3.63) is 6.33 Å². The third-order valence-electron chi connectivity index (χ3n) is 1.02. The lowest BCUT2D eigenvalue weighted by atomic mass is 10.5. The van der Waals surface area contributed by atoms with E-state index in [1.54, 1.807) is 0 Å². The molecule has 12 heavy (non-hydrogen) atoms. The van der Waals surface area contributed by atoms with Gasteiger partial charge in [0.05, 0.1) is 6.42 Å². The van der Waals surface area contributed by atoms with Crippen molar-refractivity contribution in [1.82, 2.24) is 15.2 Å². The van der Waals surface area contributed by atoms with Gasteiger partial charge in [0.2, 0.25) is 0 Å². The van der Waals surface area contributed by atoms with Crippen molar-refractivity contribution in [3.8, 4) is 0 Å². The molecule has 1 heterocycles. The molecule has 0 radical (unpaired) electrons. The second kappa shape index (κ2) is 3.79. The molecule has 68 valence electrons. The highest BCUT2D eigenvalue weighted by Crippen LogP contribution is 2.23. The molecule has 1 N–H and O–H groups in total.